The number of aromatic hydroxyl groups is 1. The average Bonchev–Trinajstić information content (AvgIpc) is 2.83. The lowest BCUT2D eigenvalue weighted by Gasteiger charge is -2.07. The van der Waals surface area contributed by atoms with Crippen molar-refractivity contribution in [3.8, 4) is 5.75 Å². The van der Waals surface area contributed by atoms with Crippen molar-refractivity contribution in [2.24, 2.45) is 0 Å². The number of hydrogen-bond donors (Lipinski definition) is 3. The third-order valence-electron chi connectivity index (χ3n) is 2.43. The lowest BCUT2D eigenvalue weighted by molar-refractivity contribution is 0.475. The van der Waals surface area contributed by atoms with Gasteiger partial charge >= 0.3 is 0 Å². The number of imidazole rings is 1. The zero-order valence-corrected chi connectivity index (χ0v) is 11.6. The first kappa shape index (κ1) is 13.7. The fourth-order valence-corrected chi connectivity index (χ4v) is 2.61. The van der Waals surface area contributed by atoms with E-state index < -0.39 is 10.0 Å². The quantitative estimate of drug-likeness (QED) is 0.754. The molecule has 1 aromatic heterocycles. The van der Waals surface area contributed by atoms with E-state index in [2.05, 4.69) is 14.7 Å². The minimum atomic E-state index is -3.74. The molecule has 1 aromatic carbocycles. The van der Waals surface area contributed by atoms with Crippen molar-refractivity contribution < 1.29 is 13.5 Å². The van der Waals surface area contributed by atoms with Crippen LogP contribution in [0, 0.1) is 0 Å². The van der Waals surface area contributed by atoms with Crippen molar-refractivity contribution in [2.45, 2.75) is 18.4 Å². The molecule has 0 aliphatic rings. The van der Waals surface area contributed by atoms with Crippen molar-refractivity contribution >= 4 is 27.3 Å². The van der Waals surface area contributed by atoms with E-state index in [0.717, 1.165) is 0 Å². The Morgan fingerprint density at radius 1 is 1.47 bits per heavy atom. The topological polar surface area (TPSA) is 95.1 Å². The number of H-pyrrole nitrogens is 1. The van der Waals surface area contributed by atoms with E-state index in [9.17, 15) is 13.5 Å². The number of nitrogens with zero attached hydrogens (tertiary/aromatic N) is 1. The van der Waals surface area contributed by atoms with Crippen LogP contribution in [0.25, 0.3) is 0 Å². The summed E-state index contributed by atoms with van der Waals surface area (Å²) in [7, 11) is -3.74. The number of rotatable bonds is 4. The third-order valence-corrected chi connectivity index (χ3v) is 4.02. The van der Waals surface area contributed by atoms with Crippen LogP contribution in [0.1, 0.15) is 12.7 Å². The van der Waals surface area contributed by atoms with Crippen LogP contribution < -0.4 is 4.72 Å². The molecule has 0 radical (unpaired) electrons. The number of aromatic amines is 1. The van der Waals surface area contributed by atoms with E-state index in [0.29, 0.717) is 12.2 Å². The van der Waals surface area contributed by atoms with Crippen molar-refractivity contribution in [3.63, 3.8) is 0 Å². The van der Waals surface area contributed by atoms with Crippen molar-refractivity contribution in [3.05, 3.63) is 35.2 Å². The third kappa shape index (κ3) is 2.99. The molecular weight excluding hydrogens is 290 g/mol. The number of nitrogens with one attached hydrogen (secondary N) is 2. The minimum absolute atomic E-state index is 0.0199. The summed E-state index contributed by atoms with van der Waals surface area (Å²) in [5.74, 6) is 0.475. The number of phenolic OH excluding ortho intramolecular Hbond substituents is 1. The van der Waals surface area contributed by atoms with E-state index in [4.69, 9.17) is 11.6 Å². The van der Waals surface area contributed by atoms with Crippen LogP contribution in [-0.2, 0) is 16.4 Å². The van der Waals surface area contributed by atoms with Gasteiger partial charge in [0, 0.05) is 6.42 Å². The number of phenols is 1. The highest BCUT2D eigenvalue weighted by Crippen LogP contribution is 2.27. The summed E-state index contributed by atoms with van der Waals surface area (Å²) in [6, 6.07) is 4.05. The van der Waals surface area contributed by atoms with Crippen LogP contribution in [-0.4, -0.2) is 23.5 Å². The number of aromatic nitrogens is 2. The standard InChI is InChI=1S/C11H12ClN3O3S/c1-2-10-13-6-11(14-10)19(17,18)15-7-3-4-9(16)8(12)5-7/h3-6,15-16H,2H2,1H3,(H,13,14). The fourth-order valence-electron chi connectivity index (χ4n) is 1.44. The molecule has 0 saturated carbocycles. The first-order valence-corrected chi connectivity index (χ1v) is 7.33. The molecule has 3 N–H and O–H groups in total. The van der Waals surface area contributed by atoms with Crippen LogP contribution in [0.2, 0.25) is 5.02 Å². The normalized spacial score (nSPS) is 11.5. The van der Waals surface area contributed by atoms with Crippen molar-refractivity contribution in [1.82, 2.24) is 9.97 Å². The van der Waals surface area contributed by atoms with E-state index in [1.54, 1.807) is 0 Å². The first-order valence-electron chi connectivity index (χ1n) is 5.47. The number of halogens is 1. The van der Waals surface area contributed by atoms with Crippen LogP contribution >= 0.6 is 11.6 Å². The summed E-state index contributed by atoms with van der Waals surface area (Å²) in [6.45, 7) is 1.86. The van der Waals surface area contributed by atoms with Crippen LogP contribution in [0.15, 0.2) is 29.4 Å². The maximum absolute atomic E-state index is 12.0. The molecule has 0 bridgehead atoms. The van der Waals surface area contributed by atoms with Crippen LogP contribution in [0.4, 0.5) is 5.69 Å². The largest absolute Gasteiger partial charge is 0.506 e. The van der Waals surface area contributed by atoms with E-state index >= 15 is 0 Å². The van der Waals surface area contributed by atoms with Gasteiger partial charge in [-0.2, -0.15) is 8.42 Å². The predicted octanol–water partition coefficient (Wildman–Crippen LogP) is 2.13. The number of hydrogen-bond acceptors (Lipinski definition) is 4. The number of sulfonamides is 1. The molecule has 0 spiro atoms. The van der Waals surface area contributed by atoms with E-state index in [1.807, 2.05) is 6.92 Å². The molecule has 2 aromatic rings. The Balaban J connectivity index is 2.28. The number of aryl methyl sites for hydroxylation is 1. The average molecular weight is 302 g/mol. The summed E-state index contributed by atoms with van der Waals surface area (Å²) >= 11 is 5.71. The highest BCUT2D eigenvalue weighted by atomic mass is 35.5. The van der Waals surface area contributed by atoms with Crippen LogP contribution in [0.3, 0.4) is 0 Å². The Labute approximate surface area is 115 Å². The molecular formula is C11H12ClN3O3S. The first-order chi connectivity index (χ1) is 8.92. The van der Waals surface area contributed by atoms with Gasteiger partial charge in [0.25, 0.3) is 10.0 Å². The van der Waals surface area contributed by atoms with Gasteiger partial charge < -0.3 is 10.1 Å². The Bertz CT molecular complexity index is 697. The summed E-state index contributed by atoms with van der Waals surface area (Å²) in [6.07, 6.45) is 1.86. The van der Waals surface area contributed by atoms with Gasteiger partial charge in [-0.1, -0.05) is 18.5 Å². The summed E-state index contributed by atoms with van der Waals surface area (Å²) in [5, 5.41) is 9.32. The molecule has 0 aliphatic heterocycles. The molecule has 8 heteroatoms. The highest BCUT2D eigenvalue weighted by Gasteiger charge is 2.17. The minimum Gasteiger partial charge on any atom is -0.506 e. The molecule has 2 rings (SSSR count). The van der Waals surface area contributed by atoms with Crippen molar-refractivity contribution in [2.75, 3.05) is 4.72 Å². The molecule has 0 amide bonds. The Kier molecular flexibility index (Phi) is 3.68. The Morgan fingerprint density at radius 3 is 2.79 bits per heavy atom. The summed E-state index contributed by atoms with van der Waals surface area (Å²) < 4.78 is 26.4. The molecule has 0 atom stereocenters. The van der Waals surface area contributed by atoms with Gasteiger partial charge in [-0.15, -0.1) is 0 Å². The van der Waals surface area contributed by atoms with Gasteiger partial charge in [0.1, 0.15) is 11.6 Å². The monoisotopic (exact) mass is 301 g/mol. The number of benzene rings is 1. The predicted molar refractivity (Wildman–Crippen MR) is 71.9 cm³/mol. The molecule has 19 heavy (non-hydrogen) atoms. The zero-order chi connectivity index (χ0) is 14.0. The molecule has 0 fully saturated rings. The van der Waals surface area contributed by atoms with E-state index in [-0.39, 0.29) is 21.5 Å². The maximum Gasteiger partial charge on any atom is 0.278 e. The zero-order valence-electron chi connectivity index (χ0n) is 10.0. The van der Waals surface area contributed by atoms with Gasteiger partial charge in [-0.25, -0.2) is 4.98 Å². The van der Waals surface area contributed by atoms with Crippen LogP contribution in [0.5, 0.6) is 5.75 Å². The Hall–Kier alpha value is -1.73. The molecule has 6 nitrogen and oxygen atoms in total. The second kappa shape index (κ2) is 5.10. The second-order valence-corrected chi connectivity index (χ2v) is 5.88. The smallest absolute Gasteiger partial charge is 0.278 e. The van der Waals surface area contributed by atoms with Crippen molar-refractivity contribution in [1.29, 1.82) is 0 Å². The summed E-state index contributed by atoms with van der Waals surface area (Å²) in [4.78, 5) is 6.64. The second-order valence-electron chi connectivity index (χ2n) is 3.82. The molecule has 102 valence electrons. The molecule has 0 saturated heterocycles. The van der Waals surface area contributed by atoms with Gasteiger partial charge in [0.05, 0.1) is 16.9 Å². The molecule has 0 aliphatic carbocycles. The van der Waals surface area contributed by atoms with Gasteiger partial charge in [-0.3, -0.25) is 4.72 Å². The lowest BCUT2D eigenvalue weighted by atomic mass is 10.3. The van der Waals surface area contributed by atoms with Gasteiger partial charge in [0.15, 0.2) is 5.03 Å². The Morgan fingerprint density at radius 2 is 2.21 bits per heavy atom. The lowest BCUT2D eigenvalue weighted by Crippen LogP contribution is -2.13. The van der Waals surface area contributed by atoms with Gasteiger partial charge in [0.2, 0.25) is 0 Å². The molecule has 1 heterocycles. The SMILES string of the molecule is CCc1ncc(S(=O)(=O)Nc2ccc(O)c(Cl)c2)[nH]1. The fraction of sp³-hybridized carbons (Fsp3) is 0.182. The molecule has 0 unspecified atom stereocenters. The van der Waals surface area contributed by atoms with E-state index in [1.165, 1.54) is 24.4 Å². The highest BCUT2D eigenvalue weighted by molar-refractivity contribution is 7.92. The number of anilines is 1. The summed E-state index contributed by atoms with van der Waals surface area (Å²) in [5.41, 5.74) is 0.260. The van der Waals surface area contributed by atoms with Gasteiger partial charge in [-0.05, 0) is 18.2 Å². The maximum atomic E-state index is 12.0.